The van der Waals surface area contributed by atoms with Crippen molar-refractivity contribution in [3.05, 3.63) is 82.2 Å². The van der Waals surface area contributed by atoms with E-state index in [0.29, 0.717) is 34.3 Å². The van der Waals surface area contributed by atoms with Crippen LogP contribution in [0.3, 0.4) is 0 Å². The van der Waals surface area contributed by atoms with Crippen LogP contribution in [0.4, 0.5) is 5.00 Å². The van der Waals surface area contributed by atoms with Crippen LogP contribution in [0.1, 0.15) is 57.8 Å². The molecule has 0 bridgehead atoms. The molecule has 1 amide bonds. The van der Waals surface area contributed by atoms with Gasteiger partial charge in [0, 0.05) is 15.8 Å². The van der Waals surface area contributed by atoms with Gasteiger partial charge in [-0.25, -0.2) is 9.78 Å². The molecule has 2 aromatic carbocycles. The van der Waals surface area contributed by atoms with Crippen molar-refractivity contribution < 1.29 is 14.3 Å². The number of aromatic nitrogens is 1. The first-order chi connectivity index (χ1) is 18.4. The fourth-order valence-electron chi connectivity index (χ4n) is 4.75. The first-order valence-corrected chi connectivity index (χ1v) is 14.1. The maximum atomic E-state index is 13.5. The maximum Gasteiger partial charge on any atom is 0.341 e. The minimum absolute atomic E-state index is 0.133. The molecule has 0 radical (unpaired) electrons. The van der Waals surface area contributed by atoms with Crippen molar-refractivity contribution in [3.63, 3.8) is 0 Å². The Hall–Kier alpha value is -3.62. The molecule has 6 nitrogen and oxygen atoms in total. The molecule has 0 saturated heterocycles. The summed E-state index contributed by atoms with van der Waals surface area (Å²) in [7, 11) is 0. The van der Waals surface area contributed by atoms with Crippen LogP contribution < -0.4 is 10.6 Å². The van der Waals surface area contributed by atoms with Crippen LogP contribution in [0.25, 0.3) is 22.2 Å². The van der Waals surface area contributed by atoms with Crippen molar-refractivity contribution in [1.82, 2.24) is 10.3 Å². The Balaban J connectivity index is 1.42. The van der Waals surface area contributed by atoms with Crippen molar-refractivity contribution in [2.45, 2.75) is 39.5 Å². The standard InChI is InChI=1S/C30H29N3O3S2/c1-3-15-36-29(35)26-21-14-13-18(2)16-25(21)38-28(26)33-30(37)32-27(34)22-17-24(19-9-5-4-6-10-19)31-23-12-8-7-11-20(22)23/h4-12,17-18H,3,13-16H2,1-2H3,(H2,32,33,34,37)/t18-/m1/s1. The molecule has 2 aromatic heterocycles. The number of esters is 1. The predicted octanol–water partition coefficient (Wildman–Crippen LogP) is 6.78. The van der Waals surface area contributed by atoms with Gasteiger partial charge in [-0.3, -0.25) is 10.1 Å². The SMILES string of the molecule is CCCOC(=O)c1c(NC(=S)NC(=O)c2cc(-c3ccccc3)nc3ccccc23)sc2c1CC[C@@H](C)C2. The van der Waals surface area contributed by atoms with Gasteiger partial charge in [0.15, 0.2) is 5.11 Å². The smallest absolute Gasteiger partial charge is 0.341 e. The third kappa shape index (κ3) is 5.47. The number of nitrogens with one attached hydrogen (secondary N) is 2. The van der Waals surface area contributed by atoms with Gasteiger partial charge in [0.05, 0.1) is 28.9 Å². The van der Waals surface area contributed by atoms with E-state index in [1.807, 2.05) is 61.5 Å². The van der Waals surface area contributed by atoms with Crippen molar-refractivity contribution in [3.8, 4) is 11.3 Å². The number of fused-ring (bicyclic) bond motifs is 2. The average Bonchev–Trinajstić information content (AvgIpc) is 3.28. The molecular formula is C30H29N3O3S2. The van der Waals surface area contributed by atoms with E-state index in [1.54, 1.807) is 6.07 Å². The van der Waals surface area contributed by atoms with Gasteiger partial charge in [-0.2, -0.15) is 0 Å². The maximum absolute atomic E-state index is 13.5. The summed E-state index contributed by atoms with van der Waals surface area (Å²) in [6.45, 7) is 4.55. The van der Waals surface area contributed by atoms with Gasteiger partial charge >= 0.3 is 5.97 Å². The molecule has 0 unspecified atom stereocenters. The number of carbonyl (C=O) groups is 2. The van der Waals surface area contributed by atoms with E-state index >= 15 is 0 Å². The summed E-state index contributed by atoms with van der Waals surface area (Å²) in [5.74, 6) is -0.134. The van der Waals surface area contributed by atoms with Crippen LogP contribution in [-0.4, -0.2) is 28.6 Å². The third-order valence-electron chi connectivity index (χ3n) is 6.64. The number of thiophene rings is 1. The highest BCUT2D eigenvalue weighted by atomic mass is 32.1. The number of anilines is 1. The number of benzene rings is 2. The molecule has 4 aromatic rings. The molecule has 194 valence electrons. The van der Waals surface area contributed by atoms with E-state index in [0.717, 1.165) is 47.7 Å². The van der Waals surface area contributed by atoms with Crippen molar-refractivity contribution >= 4 is 56.4 Å². The summed E-state index contributed by atoms with van der Waals surface area (Å²) >= 11 is 7.07. The number of rotatable bonds is 6. The average molecular weight is 544 g/mol. The lowest BCUT2D eigenvalue weighted by Crippen LogP contribution is -2.34. The second kappa shape index (κ2) is 11.4. The first-order valence-electron chi connectivity index (χ1n) is 12.8. The Morgan fingerprint density at radius 1 is 1.13 bits per heavy atom. The first kappa shape index (κ1) is 26.0. The van der Waals surface area contributed by atoms with Crippen LogP contribution in [0.5, 0.6) is 0 Å². The number of hydrogen-bond donors (Lipinski definition) is 2. The van der Waals surface area contributed by atoms with Gasteiger partial charge in [-0.05, 0) is 61.5 Å². The second-order valence-electron chi connectivity index (χ2n) is 9.54. The molecule has 1 atom stereocenters. The van der Waals surface area contributed by atoms with Gasteiger partial charge in [0.1, 0.15) is 5.00 Å². The van der Waals surface area contributed by atoms with Crippen molar-refractivity contribution in [2.75, 3.05) is 11.9 Å². The number of thiocarbonyl (C=S) groups is 1. The van der Waals surface area contributed by atoms with E-state index < -0.39 is 0 Å². The van der Waals surface area contributed by atoms with Gasteiger partial charge < -0.3 is 10.1 Å². The van der Waals surface area contributed by atoms with E-state index in [1.165, 1.54) is 16.2 Å². The second-order valence-corrected chi connectivity index (χ2v) is 11.1. The molecule has 0 aliphatic heterocycles. The molecule has 2 heterocycles. The predicted molar refractivity (Wildman–Crippen MR) is 157 cm³/mol. The Kier molecular flexibility index (Phi) is 7.81. The summed E-state index contributed by atoms with van der Waals surface area (Å²) < 4.78 is 5.49. The van der Waals surface area contributed by atoms with E-state index in [2.05, 4.69) is 17.6 Å². The van der Waals surface area contributed by atoms with Crippen LogP contribution in [0.2, 0.25) is 0 Å². The molecule has 0 fully saturated rings. The van der Waals surface area contributed by atoms with Crippen LogP contribution in [-0.2, 0) is 17.6 Å². The molecule has 0 saturated carbocycles. The highest BCUT2D eigenvalue weighted by Gasteiger charge is 2.29. The number of para-hydroxylation sites is 1. The van der Waals surface area contributed by atoms with Crippen LogP contribution in [0.15, 0.2) is 60.7 Å². The zero-order valence-electron chi connectivity index (χ0n) is 21.4. The van der Waals surface area contributed by atoms with E-state index in [-0.39, 0.29) is 17.0 Å². The summed E-state index contributed by atoms with van der Waals surface area (Å²) in [6, 6.07) is 19.1. The summed E-state index contributed by atoms with van der Waals surface area (Å²) in [5.41, 5.74) is 4.40. The fraction of sp³-hybridized carbons (Fsp3) is 0.267. The number of nitrogens with zero attached hydrogens (tertiary/aromatic N) is 1. The lowest BCUT2D eigenvalue weighted by molar-refractivity contribution is 0.0505. The largest absolute Gasteiger partial charge is 0.462 e. The number of amides is 1. The zero-order chi connectivity index (χ0) is 26.6. The number of hydrogen-bond acceptors (Lipinski definition) is 6. The normalized spacial score (nSPS) is 14.5. The molecule has 1 aliphatic rings. The van der Waals surface area contributed by atoms with E-state index in [9.17, 15) is 9.59 Å². The number of ether oxygens (including phenoxy) is 1. The zero-order valence-corrected chi connectivity index (χ0v) is 23.0. The molecule has 5 rings (SSSR count). The fourth-order valence-corrected chi connectivity index (χ4v) is 6.41. The molecule has 1 aliphatic carbocycles. The van der Waals surface area contributed by atoms with E-state index in [4.69, 9.17) is 21.9 Å². The van der Waals surface area contributed by atoms with Crippen LogP contribution >= 0.6 is 23.6 Å². The Morgan fingerprint density at radius 3 is 2.68 bits per heavy atom. The quantitative estimate of drug-likeness (QED) is 0.206. The highest BCUT2D eigenvalue weighted by molar-refractivity contribution is 7.80. The Morgan fingerprint density at radius 2 is 1.89 bits per heavy atom. The lowest BCUT2D eigenvalue weighted by atomic mass is 9.88. The summed E-state index contributed by atoms with van der Waals surface area (Å²) in [6.07, 6.45) is 3.52. The van der Waals surface area contributed by atoms with Gasteiger partial charge in [-0.1, -0.05) is 62.4 Å². The highest BCUT2D eigenvalue weighted by Crippen LogP contribution is 2.40. The van der Waals surface area contributed by atoms with Gasteiger partial charge in [0.2, 0.25) is 0 Å². The Labute approximate surface area is 231 Å². The minimum atomic E-state index is -0.344. The summed E-state index contributed by atoms with van der Waals surface area (Å²) in [5, 5.41) is 7.45. The monoisotopic (exact) mass is 543 g/mol. The topological polar surface area (TPSA) is 80.3 Å². The lowest BCUT2D eigenvalue weighted by Gasteiger charge is -2.18. The molecule has 38 heavy (non-hydrogen) atoms. The molecule has 0 spiro atoms. The van der Waals surface area contributed by atoms with Crippen molar-refractivity contribution in [2.24, 2.45) is 5.92 Å². The van der Waals surface area contributed by atoms with Gasteiger partial charge in [0.25, 0.3) is 5.91 Å². The molecule has 8 heteroatoms. The molecule has 2 N–H and O–H groups in total. The third-order valence-corrected chi connectivity index (χ3v) is 8.01. The summed E-state index contributed by atoms with van der Waals surface area (Å²) in [4.78, 5) is 32.4. The Bertz CT molecular complexity index is 1510. The van der Waals surface area contributed by atoms with Crippen molar-refractivity contribution in [1.29, 1.82) is 0 Å². The number of pyridine rings is 1. The number of carbonyl (C=O) groups excluding carboxylic acids is 2. The molecular weight excluding hydrogens is 514 g/mol. The minimum Gasteiger partial charge on any atom is -0.462 e. The van der Waals surface area contributed by atoms with Gasteiger partial charge in [-0.15, -0.1) is 11.3 Å². The van der Waals surface area contributed by atoms with Crippen LogP contribution in [0, 0.1) is 5.92 Å².